The molecule has 1 atom stereocenters. The first-order chi connectivity index (χ1) is 10.9. The van der Waals surface area contributed by atoms with Gasteiger partial charge in [0, 0.05) is 12.1 Å². The van der Waals surface area contributed by atoms with Crippen molar-refractivity contribution in [1.82, 2.24) is 4.98 Å². The number of rotatable bonds is 7. The van der Waals surface area contributed by atoms with Gasteiger partial charge in [-0.05, 0) is 23.6 Å². The van der Waals surface area contributed by atoms with Crippen LogP contribution in [0.2, 0.25) is 0 Å². The summed E-state index contributed by atoms with van der Waals surface area (Å²) in [6.45, 7) is 7.01. The van der Waals surface area contributed by atoms with Gasteiger partial charge < -0.3 is 19.9 Å². The van der Waals surface area contributed by atoms with E-state index in [1.54, 1.807) is 18.8 Å². The summed E-state index contributed by atoms with van der Waals surface area (Å²) in [6, 6.07) is 5.74. The number of nitrogens with zero attached hydrogens (tertiary/aromatic N) is 1. The summed E-state index contributed by atoms with van der Waals surface area (Å²) in [4.78, 5) is 3.98. The van der Waals surface area contributed by atoms with Crippen LogP contribution in [0, 0.1) is 0 Å². The molecule has 5 nitrogen and oxygen atoms in total. The maximum absolute atomic E-state index is 10.1. The number of aromatic nitrogens is 1. The molecule has 2 rings (SSSR count). The first kappa shape index (κ1) is 17.6. The molecule has 0 amide bonds. The van der Waals surface area contributed by atoms with Crippen molar-refractivity contribution >= 4 is 16.3 Å². The molecule has 0 aliphatic rings. The minimum Gasteiger partial charge on any atom is -0.497 e. The largest absolute Gasteiger partial charge is 0.497 e. The van der Waals surface area contributed by atoms with Crippen molar-refractivity contribution in [2.24, 2.45) is 0 Å². The van der Waals surface area contributed by atoms with Gasteiger partial charge in [-0.2, -0.15) is 0 Å². The fraction of sp³-hybridized carbons (Fsp3) is 0.471. The van der Waals surface area contributed by atoms with Crippen LogP contribution in [-0.4, -0.2) is 36.5 Å². The smallest absolute Gasteiger partial charge is 0.123 e. The van der Waals surface area contributed by atoms with E-state index < -0.39 is 6.10 Å². The van der Waals surface area contributed by atoms with Crippen molar-refractivity contribution < 1.29 is 14.6 Å². The summed E-state index contributed by atoms with van der Waals surface area (Å²) in [5.41, 5.74) is 2.73. The SMILES string of the molecule is COc1ccc(OCC(O)CNc2cncs2)c(C(C)(C)C)c1. The predicted octanol–water partition coefficient (Wildman–Crippen LogP) is 3.30. The molecule has 23 heavy (non-hydrogen) atoms. The van der Waals surface area contributed by atoms with Gasteiger partial charge in [-0.3, -0.25) is 4.98 Å². The molecule has 1 aromatic heterocycles. The molecule has 0 radical (unpaired) electrons. The van der Waals surface area contributed by atoms with Crippen LogP contribution >= 0.6 is 11.3 Å². The van der Waals surface area contributed by atoms with E-state index in [4.69, 9.17) is 9.47 Å². The zero-order chi connectivity index (χ0) is 16.9. The van der Waals surface area contributed by atoms with Crippen molar-refractivity contribution in [2.45, 2.75) is 32.3 Å². The molecule has 0 saturated carbocycles. The molecule has 0 aliphatic heterocycles. The fourth-order valence-corrected chi connectivity index (χ4v) is 2.64. The monoisotopic (exact) mass is 336 g/mol. The summed E-state index contributed by atoms with van der Waals surface area (Å²) in [7, 11) is 1.65. The molecular formula is C17H24N2O3S. The third-order valence-corrected chi connectivity index (χ3v) is 4.10. The van der Waals surface area contributed by atoms with Gasteiger partial charge in [-0.25, -0.2) is 0 Å². The van der Waals surface area contributed by atoms with Gasteiger partial charge in [0.15, 0.2) is 0 Å². The summed E-state index contributed by atoms with van der Waals surface area (Å²) in [6.07, 6.45) is 1.13. The molecule has 0 aliphatic carbocycles. The van der Waals surface area contributed by atoms with Crippen LogP contribution in [0.5, 0.6) is 11.5 Å². The van der Waals surface area contributed by atoms with Gasteiger partial charge in [-0.1, -0.05) is 20.8 Å². The van der Waals surface area contributed by atoms with Crippen LogP contribution in [0.25, 0.3) is 0 Å². The van der Waals surface area contributed by atoms with Gasteiger partial charge in [0.1, 0.15) is 29.2 Å². The Kier molecular flexibility index (Phi) is 5.85. The number of methoxy groups -OCH3 is 1. The number of aliphatic hydroxyl groups is 1. The number of thiazole rings is 1. The van der Waals surface area contributed by atoms with E-state index in [0.29, 0.717) is 6.54 Å². The van der Waals surface area contributed by atoms with E-state index in [1.165, 1.54) is 11.3 Å². The van der Waals surface area contributed by atoms with E-state index in [-0.39, 0.29) is 12.0 Å². The summed E-state index contributed by atoms with van der Waals surface area (Å²) < 4.78 is 11.1. The lowest BCUT2D eigenvalue weighted by molar-refractivity contribution is 0.116. The van der Waals surface area contributed by atoms with Gasteiger partial charge in [0.25, 0.3) is 0 Å². The van der Waals surface area contributed by atoms with Gasteiger partial charge in [-0.15, -0.1) is 11.3 Å². The average Bonchev–Trinajstić information content (AvgIpc) is 3.03. The van der Waals surface area contributed by atoms with Crippen LogP contribution in [-0.2, 0) is 5.41 Å². The Bertz CT molecular complexity index is 609. The molecule has 2 N–H and O–H groups in total. The lowest BCUT2D eigenvalue weighted by Crippen LogP contribution is -2.27. The van der Waals surface area contributed by atoms with Gasteiger partial charge >= 0.3 is 0 Å². The van der Waals surface area contributed by atoms with Gasteiger partial charge in [0.2, 0.25) is 0 Å². The third kappa shape index (κ3) is 5.11. The Morgan fingerprint density at radius 1 is 1.35 bits per heavy atom. The number of ether oxygens (including phenoxy) is 2. The van der Waals surface area contributed by atoms with Crippen LogP contribution < -0.4 is 14.8 Å². The number of benzene rings is 1. The highest BCUT2D eigenvalue weighted by atomic mass is 32.1. The maximum atomic E-state index is 10.1. The standard InChI is InChI=1S/C17H24N2O3S/c1-17(2,3)14-7-13(21-4)5-6-15(14)22-10-12(20)8-19-16-9-18-11-23-16/h5-7,9,11-12,19-20H,8,10H2,1-4H3. The third-order valence-electron chi connectivity index (χ3n) is 3.37. The van der Waals surface area contributed by atoms with Crippen LogP contribution in [0.4, 0.5) is 5.00 Å². The molecule has 6 heteroatoms. The van der Waals surface area contributed by atoms with Crippen LogP contribution in [0.15, 0.2) is 29.9 Å². The van der Waals surface area contributed by atoms with E-state index in [2.05, 4.69) is 31.1 Å². The highest BCUT2D eigenvalue weighted by Crippen LogP contribution is 2.34. The first-order valence-corrected chi connectivity index (χ1v) is 8.40. The number of hydrogen-bond donors (Lipinski definition) is 2. The van der Waals surface area contributed by atoms with Crippen LogP contribution in [0.3, 0.4) is 0 Å². The average molecular weight is 336 g/mol. The Hall–Kier alpha value is -1.79. The van der Waals surface area contributed by atoms with Crippen molar-refractivity contribution in [2.75, 3.05) is 25.6 Å². The number of nitrogens with one attached hydrogen (secondary N) is 1. The number of aliphatic hydroxyl groups excluding tert-OH is 1. The normalized spacial score (nSPS) is 12.7. The van der Waals surface area contributed by atoms with Crippen molar-refractivity contribution in [3.63, 3.8) is 0 Å². The highest BCUT2D eigenvalue weighted by molar-refractivity contribution is 7.13. The molecule has 0 spiro atoms. The van der Waals surface area contributed by atoms with Crippen molar-refractivity contribution in [3.8, 4) is 11.5 Å². The highest BCUT2D eigenvalue weighted by Gasteiger charge is 2.20. The molecule has 1 unspecified atom stereocenters. The maximum Gasteiger partial charge on any atom is 0.123 e. The molecule has 1 heterocycles. The summed E-state index contributed by atoms with van der Waals surface area (Å²) in [5, 5.41) is 14.1. The van der Waals surface area contributed by atoms with Gasteiger partial charge in [0.05, 0.1) is 18.8 Å². The molecule has 0 bridgehead atoms. The molecule has 0 fully saturated rings. The molecule has 2 aromatic rings. The van der Waals surface area contributed by atoms with Crippen molar-refractivity contribution in [3.05, 3.63) is 35.5 Å². The number of anilines is 1. The zero-order valence-corrected chi connectivity index (χ0v) is 14.8. The Labute approximate surface area is 141 Å². The second-order valence-electron chi connectivity index (χ2n) is 6.32. The second-order valence-corrected chi connectivity index (χ2v) is 7.21. The first-order valence-electron chi connectivity index (χ1n) is 7.52. The molecule has 0 saturated heterocycles. The zero-order valence-electron chi connectivity index (χ0n) is 14.0. The van der Waals surface area contributed by atoms with Crippen LogP contribution in [0.1, 0.15) is 26.3 Å². The predicted molar refractivity (Wildman–Crippen MR) is 93.8 cm³/mol. The van der Waals surface area contributed by atoms with E-state index in [0.717, 1.165) is 22.1 Å². The van der Waals surface area contributed by atoms with Crippen molar-refractivity contribution in [1.29, 1.82) is 0 Å². The minimum atomic E-state index is -0.605. The lowest BCUT2D eigenvalue weighted by atomic mass is 9.86. The topological polar surface area (TPSA) is 63.6 Å². The number of hydrogen-bond acceptors (Lipinski definition) is 6. The fourth-order valence-electron chi connectivity index (χ4n) is 2.11. The molecular weight excluding hydrogens is 312 g/mol. The minimum absolute atomic E-state index is 0.0737. The Balaban J connectivity index is 1.96. The Morgan fingerprint density at radius 3 is 2.74 bits per heavy atom. The quantitative estimate of drug-likeness (QED) is 0.812. The van der Waals surface area contributed by atoms with E-state index in [1.807, 2.05) is 18.2 Å². The van der Waals surface area contributed by atoms with E-state index in [9.17, 15) is 5.11 Å². The molecule has 1 aromatic carbocycles. The lowest BCUT2D eigenvalue weighted by Gasteiger charge is -2.24. The Morgan fingerprint density at radius 2 is 2.13 bits per heavy atom. The van der Waals surface area contributed by atoms with E-state index >= 15 is 0 Å². The summed E-state index contributed by atoms with van der Waals surface area (Å²) >= 11 is 1.50. The summed E-state index contributed by atoms with van der Waals surface area (Å²) in [5.74, 6) is 1.57. The second kappa shape index (κ2) is 7.66. The molecule has 126 valence electrons.